The Bertz CT molecular complexity index is 1360. The average Bonchev–Trinajstić information content (AvgIpc) is 3.19. The minimum absolute atomic E-state index is 0.00769. The number of benzene rings is 2. The predicted octanol–water partition coefficient (Wildman–Crippen LogP) is 7.15. The van der Waals surface area contributed by atoms with Gasteiger partial charge in [-0.25, -0.2) is 18.4 Å². The van der Waals surface area contributed by atoms with Crippen LogP contribution < -0.4 is 5.32 Å². The zero-order valence-electron chi connectivity index (χ0n) is 21.3. The van der Waals surface area contributed by atoms with Crippen LogP contribution in [0.4, 0.5) is 22.0 Å². The number of carbonyl (C=O) groups is 2. The van der Waals surface area contributed by atoms with E-state index in [2.05, 4.69) is 16.1 Å². The summed E-state index contributed by atoms with van der Waals surface area (Å²) in [5, 5.41) is 13.3. The second kappa shape index (κ2) is 11.3. The van der Waals surface area contributed by atoms with E-state index in [1.165, 1.54) is 30.3 Å². The number of alkyl halides is 3. The molecule has 0 unspecified atom stereocenters. The molecule has 214 valence electrons. The average molecular weight is 603 g/mol. The summed E-state index contributed by atoms with van der Waals surface area (Å²) in [4.78, 5) is 24.8. The van der Waals surface area contributed by atoms with Crippen molar-refractivity contribution in [3.63, 3.8) is 0 Å². The Balaban J connectivity index is 1.96. The van der Waals surface area contributed by atoms with E-state index in [9.17, 15) is 28.0 Å². The molecule has 40 heavy (non-hydrogen) atoms. The Hall–Kier alpha value is -2.74. The third-order valence-corrected chi connectivity index (χ3v) is 8.60. The summed E-state index contributed by atoms with van der Waals surface area (Å²) in [5.74, 6) is -8.07. The number of hydrogen-bond acceptors (Lipinski definition) is 5. The number of nitrogens with one attached hydrogen (secondary N) is 1. The number of carbonyl (C=O) groups excluding carboxylic acids is 2. The second-order valence-electron chi connectivity index (χ2n) is 10.7. The minimum atomic E-state index is -5.49. The van der Waals surface area contributed by atoms with Crippen molar-refractivity contribution in [2.45, 2.75) is 75.0 Å². The normalized spacial score (nSPS) is 26.2. The molecule has 5 nitrogen and oxygen atoms in total. The molecule has 4 atom stereocenters. The first-order valence-corrected chi connectivity index (χ1v) is 13.4. The van der Waals surface area contributed by atoms with E-state index in [0.717, 1.165) is 38.2 Å². The van der Waals surface area contributed by atoms with Crippen LogP contribution in [-0.4, -0.2) is 30.2 Å². The standard InChI is InChI=1S/C28H25Cl2F5N2O3/c1-26(10-3-2-4-11-26)13-20-27(14-36,17-9-8-15(29)12-19(17)31)21(16-6-5-7-18(30)22(16)32)23(37-20)24(38)40-25(39)28(33,34)35/h5-9,12,20-21,23,37H,2-4,10-11,13H2,1H3/t20-,21-,23-,27+/m0/s1. The predicted molar refractivity (Wildman–Crippen MR) is 137 cm³/mol. The zero-order chi connectivity index (χ0) is 29.5. The molecule has 4 rings (SSSR count). The zero-order valence-corrected chi connectivity index (χ0v) is 22.8. The molecule has 1 heterocycles. The molecule has 1 aliphatic heterocycles. The molecule has 1 saturated heterocycles. The van der Waals surface area contributed by atoms with Crippen molar-refractivity contribution in [3.8, 4) is 6.07 Å². The third kappa shape index (κ3) is 5.56. The highest BCUT2D eigenvalue weighted by atomic mass is 35.5. The van der Waals surface area contributed by atoms with Crippen molar-refractivity contribution >= 4 is 35.1 Å². The van der Waals surface area contributed by atoms with Gasteiger partial charge in [0.2, 0.25) is 0 Å². The Morgan fingerprint density at radius 3 is 2.40 bits per heavy atom. The van der Waals surface area contributed by atoms with Crippen LogP contribution in [0.3, 0.4) is 0 Å². The third-order valence-electron chi connectivity index (χ3n) is 8.07. The highest BCUT2D eigenvalue weighted by molar-refractivity contribution is 6.31. The van der Waals surface area contributed by atoms with Gasteiger partial charge >= 0.3 is 18.1 Å². The van der Waals surface area contributed by atoms with Crippen molar-refractivity contribution in [1.82, 2.24) is 5.32 Å². The van der Waals surface area contributed by atoms with E-state index in [4.69, 9.17) is 23.2 Å². The Labute approximate surface area is 237 Å². The van der Waals surface area contributed by atoms with Crippen LogP contribution in [0.15, 0.2) is 36.4 Å². The summed E-state index contributed by atoms with van der Waals surface area (Å²) >= 11 is 12.0. The molecule has 2 aliphatic rings. The van der Waals surface area contributed by atoms with E-state index >= 15 is 8.78 Å². The highest BCUT2D eigenvalue weighted by Crippen LogP contribution is 2.54. The summed E-state index contributed by atoms with van der Waals surface area (Å²) in [6.07, 6.45) is -1.05. The van der Waals surface area contributed by atoms with Gasteiger partial charge in [-0.15, -0.1) is 0 Å². The van der Waals surface area contributed by atoms with Crippen LogP contribution in [0.1, 0.15) is 62.5 Å². The molecule has 0 spiro atoms. The number of rotatable bonds is 5. The summed E-state index contributed by atoms with van der Waals surface area (Å²) in [6, 6.07) is 6.47. The Kier molecular flexibility index (Phi) is 8.51. The molecule has 0 bridgehead atoms. The van der Waals surface area contributed by atoms with Crippen molar-refractivity contribution in [2.75, 3.05) is 0 Å². The Morgan fingerprint density at radius 2 is 1.80 bits per heavy atom. The Morgan fingerprint density at radius 1 is 1.12 bits per heavy atom. The minimum Gasteiger partial charge on any atom is -0.385 e. The molecule has 2 fully saturated rings. The van der Waals surface area contributed by atoms with Crippen LogP contribution in [0.2, 0.25) is 10.0 Å². The number of nitrogens with zero attached hydrogens (tertiary/aromatic N) is 1. The van der Waals surface area contributed by atoms with Gasteiger partial charge in [0.25, 0.3) is 0 Å². The smallest absolute Gasteiger partial charge is 0.385 e. The molecular weight excluding hydrogens is 578 g/mol. The summed E-state index contributed by atoms with van der Waals surface area (Å²) in [7, 11) is 0. The van der Waals surface area contributed by atoms with Crippen LogP contribution >= 0.6 is 23.2 Å². The molecular formula is C28H25Cl2F5N2O3. The number of ether oxygens (including phenoxy) is 1. The molecule has 0 aromatic heterocycles. The molecule has 12 heteroatoms. The lowest BCUT2D eigenvalue weighted by Crippen LogP contribution is -2.46. The molecule has 0 amide bonds. The van der Waals surface area contributed by atoms with Gasteiger partial charge in [-0.05, 0) is 48.4 Å². The summed E-state index contributed by atoms with van der Waals surface area (Å²) in [5.41, 5.74) is -3.00. The molecule has 2 aromatic carbocycles. The second-order valence-corrected chi connectivity index (χ2v) is 11.5. The van der Waals surface area contributed by atoms with Crippen molar-refractivity contribution in [2.24, 2.45) is 5.41 Å². The van der Waals surface area contributed by atoms with Gasteiger partial charge in [0, 0.05) is 22.5 Å². The quantitative estimate of drug-likeness (QED) is 0.223. The fourth-order valence-corrected chi connectivity index (χ4v) is 6.58. The first-order valence-electron chi connectivity index (χ1n) is 12.6. The van der Waals surface area contributed by atoms with Gasteiger partial charge in [0.05, 0.1) is 11.1 Å². The fraction of sp³-hybridized carbons (Fsp3) is 0.464. The molecule has 1 saturated carbocycles. The van der Waals surface area contributed by atoms with Crippen molar-refractivity contribution in [1.29, 1.82) is 5.26 Å². The topological polar surface area (TPSA) is 79.2 Å². The van der Waals surface area contributed by atoms with Gasteiger partial charge in [-0.3, -0.25) is 5.32 Å². The van der Waals surface area contributed by atoms with E-state index in [-0.39, 0.29) is 33.0 Å². The highest BCUT2D eigenvalue weighted by Gasteiger charge is 2.62. The molecule has 2 aromatic rings. The SMILES string of the molecule is CC1(C[C@@H]2N[C@H](C(=O)OC(=O)C(F)(F)F)[C@H](c3cccc(Cl)c3F)[C@]2(C#N)c2ccc(Cl)cc2F)CCCCC1. The number of hydrogen-bond donors (Lipinski definition) is 1. The first kappa shape index (κ1) is 30.2. The molecule has 1 N–H and O–H groups in total. The largest absolute Gasteiger partial charge is 0.491 e. The van der Waals surface area contributed by atoms with E-state index in [1.807, 2.05) is 6.92 Å². The molecule has 1 aliphatic carbocycles. The van der Waals surface area contributed by atoms with Crippen molar-refractivity contribution in [3.05, 3.63) is 69.2 Å². The van der Waals surface area contributed by atoms with Gasteiger partial charge in [0.15, 0.2) is 0 Å². The van der Waals surface area contributed by atoms with Crippen LogP contribution in [0.5, 0.6) is 0 Å². The summed E-state index contributed by atoms with van der Waals surface area (Å²) < 4.78 is 74.4. The molecule has 0 radical (unpaired) electrons. The van der Waals surface area contributed by atoms with E-state index < -0.39 is 53.2 Å². The maximum absolute atomic E-state index is 15.6. The van der Waals surface area contributed by atoms with Gasteiger partial charge < -0.3 is 4.74 Å². The van der Waals surface area contributed by atoms with Crippen LogP contribution in [0.25, 0.3) is 0 Å². The number of halogens is 7. The van der Waals surface area contributed by atoms with Crippen LogP contribution in [0, 0.1) is 28.4 Å². The number of esters is 2. The fourth-order valence-electron chi connectivity index (χ4n) is 6.24. The van der Waals surface area contributed by atoms with Gasteiger partial charge in [-0.2, -0.15) is 18.4 Å². The van der Waals surface area contributed by atoms with Crippen molar-refractivity contribution < 1.29 is 36.3 Å². The number of nitriles is 1. The lowest BCUT2D eigenvalue weighted by atomic mass is 9.61. The lowest BCUT2D eigenvalue weighted by Gasteiger charge is -2.41. The maximum Gasteiger partial charge on any atom is 0.491 e. The lowest BCUT2D eigenvalue weighted by molar-refractivity contribution is -0.202. The first-order chi connectivity index (χ1) is 18.7. The maximum atomic E-state index is 15.6. The van der Waals surface area contributed by atoms with E-state index in [0.29, 0.717) is 0 Å². The van der Waals surface area contributed by atoms with Crippen LogP contribution in [-0.2, 0) is 19.7 Å². The van der Waals surface area contributed by atoms with E-state index in [1.54, 1.807) is 0 Å². The van der Waals surface area contributed by atoms with Gasteiger partial charge in [0.1, 0.15) is 23.1 Å². The monoisotopic (exact) mass is 602 g/mol. The summed E-state index contributed by atoms with van der Waals surface area (Å²) in [6.45, 7) is 1.97. The van der Waals surface area contributed by atoms with Gasteiger partial charge in [-0.1, -0.05) is 67.6 Å².